The number of amides is 1. The van der Waals surface area contributed by atoms with E-state index in [0.717, 1.165) is 9.13 Å². The van der Waals surface area contributed by atoms with E-state index in [-0.39, 0.29) is 11.8 Å². The van der Waals surface area contributed by atoms with E-state index in [1.165, 1.54) is 7.11 Å². The van der Waals surface area contributed by atoms with Crippen molar-refractivity contribution in [3.63, 3.8) is 0 Å². The van der Waals surface area contributed by atoms with Crippen LogP contribution in [0.2, 0.25) is 0 Å². The number of hydrogen-bond donors (Lipinski definition) is 1. The van der Waals surface area contributed by atoms with Crippen LogP contribution in [0, 0.1) is 16.4 Å². The summed E-state index contributed by atoms with van der Waals surface area (Å²) in [5.74, 6) is -0.370. The molecular formula is C15H20INO3. The minimum absolute atomic E-state index is 0.251. The van der Waals surface area contributed by atoms with E-state index in [9.17, 15) is 9.59 Å². The molecule has 0 aliphatic heterocycles. The van der Waals surface area contributed by atoms with Crippen molar-refractivity contribution in [2.75, 3.05) is 7.11 Å². The third-order valence-corrected chi connectivity index (χ3v) is 4.09. The predicted octanol–water partition coefficient (Wildman–Crippen LogP) is 2.92. The fourth-order valence-electron chi connectivity index (χ4n) is 1.80. The van der Waals surface area contributed by atoms with Gasteiger partial charge in [0.15, 0.2) is 0 Å². The van der Waals surface area contributed by atoms with Crippen LogP contribution >= 0.6 is 22.6 Å². The van der Waals surface area contributed by atoms with E-state index >= 15 is 0 Å². The highest BCUT2D eigenvalue weighted by Gasteiger charge is 2.23. The van der Waals surface area contributed by atoms with Crippen LogP contribution in [-0.2, 0) is 9.53 Å². The molecule has 0 spiro atoms. The van der Waals surface area contributed by atoms with E-state index in [1.54, 1.807) is 6.07 Å². The molecule has 5 heteroatoms. The summed E-state index contributed by atoms with van der Waals surface area (Å²) < 4.78 is 5.76. The molecule has 0 heterocycles. The van der Waals surface area contributed by atoms with Crippen LogP contribution in [0.25, 0.3) is 0 Å². The standard InChI is InChI=1S/C15H20INO3/c1-9(2)7-13(15(19)20-4)17-14(18)11-6-5-10(3)12(16)8-11/h5-6,8-9,13H,7H2,1-4H3,(H,17,18). The highest BCUT2D eigenvalue weighted by molar-refractivity contribution is 14.1. The van der Waals surface area contributed by atoms with Crippen LogP contribution in [0.15, 0.2) is 18.2 Å². The molecule has 1 rings (SSSR count). The van der Waals surface area contributed by atoms with Crippen LogP contribution in [-0.4, -0.2) is 25.0 Å². The number of esters is 1. The summed E-state index contributed by atoms with van der Waals surface area (Å²) in [5.41, 5.74) is 1.67. The first-order valence-electron chi connectivity index (χ1n) is 6.50. The summed E-state index contributed by atoms with van der Waals surface area (Å²) in [7, 11) is 1.33. The van der Waals surface area contributed by atoms with Crippen molar-refractivity contribution in [2.24, 2.45) is 5.92 Å². The molecular weight excluding hydrogens is 369 g/mol. The number of nitrogens with one attached hydrogen (secondary N) is 1. The van der Waals surface area contributed by atoms with E-state index in [4.69, 9.17) is 4.74 Å². The quantitative estimate of drug-likeness (QED) is 0.623. The number of hydrogen-bond acceptors (Lipinski definition) is 3. The number of ether oxygens (including phenoxy) is 1. The molecule has 0 aromatic heterocycles. The molecule has 20 heavy (non-hydrogen) atoms. The third-order valence-electron chi connectivity index (χ3n) is 2.93. The highest BCUT2D eigenvalue weighted by Crippen LogP contribution is 2.14. The summed E-state index contributed by atoms with van der Waals surface area (Å²) in [6.45, 7) is 5.98. The predicted molar refractivity (Wildman–Crippen MR) is 86.6 cm³/mol. The molecule has 1 amide bonds. The maximum absolute atomic E-state index is 12.2. The van der Waals surface area contributed by atoms with Crippen molar-refractivity contribution in [1.82, 2.24) is 5.32 Å². The summed E-state index contributed by atoms with van der Waals surface area (Å²) in [6.07, 6.45) is 0.557. The van der Waals surface area contributed by atoms with Crippen LogP contribution < -0.4 is 5.32 Å². The molecule has 1 N–H and O–H groups in total. The third kappa shape index (κ3) is 4.77. The van der Waals surface area contributed by atoms with Gasteiger partial charge in [0.25, 0.3) is 5.91 Å². The monoisotopic (exact) mass is 389 g/mol. The number of halogens is 1. The molecule has 110 valence electrons. The summed E-state index contributed by atoms with van der Waals surface area (Å²) in [4.78, 5) is 23.9. The first-order valence-corrected chi connectivity index (χ1v) is 7.57. The Kier molecular flexibility index (Phi) is 6.45. The average Bonchev–Trinajstić information content (AvgIpc) is 2.39. The fourth-order valence-corrected chi connectivity index (χ4v) is 2.32. The molecule has 1 atom stereocenters. The van der Waals surface area contributed by atoms with Gasteiger partial charge in [0.05, 0.1) is 7.11 Å². The Morgan fingerprint density at radius 1 is 1.35 bits per heavy atom. The van der Waals surface area contributed by atoms with Gasteiger partial charge in [-0.2, -0.15) is 0 Å². The number of rotatable bonds is 5. The lowest BCUT2D eigenvalue weighted by atomic mass is 10.0. The van der Waals surface area contributed by atoms with Gasteiger partial charge in [-0.05, 0) is 59.5 Å². The second-order valence-corrected chi connectivity index (χ2v) is 6.30. The number of benzene rings is 1. The first-order chi connectivity index (χ1) is 9.35. The summed E-state index contributed by atoms with van der Waals surface area (Å²) in [6, 6.07) is 4.86. The molecule has 0 bridgehead atoms. The Balaban J connectivity index is 2.84. The molecule has 0 saturated heterocycles. The van der Waals surface area contributed by atoms with Crippen molar-refractivity contribution >= 4 is 34.5 Å². The summed E-state index contributed by atoms with van der Waals surface area (Å²) in [5, 5.41) is 2.75. The van der Waals surface area contributed by atoms with Crippen LogP contribution in [0.4, 0.5) is 0 Å². The van der Waals surface area contributed by atoms with Crippen LogP contribution in [0.1, 0.15) is 36.2 Å². The zero-order valence-electron chi connectivity index (χ0n) is 12.2. The minimum atomic E-state index is -0.605. The minimum Gasteiger partial charge on any atom is -0.467 e. The van der Waals surface area contributed by atoms with Crippen molar-refractivity contribution in [2.45, 2.75) is 33.2 Å². The van der Waals surface area contributed by atoms with Crippen LogP contribution in [0.5, 0.6) is 0 Å². The topological polar surface area (TPSA) is 55.4 Å². The molecule has 4 nitrogen and oxygen atoms in total. The van der Waals surface area contributed by atoms with Gasteiger partial charge in [0, 0.05) is 9.13 Å². The Morgan fingerprint density at radius 3 is 2.50 bits per heavy atom. The van der Waals surface area contributed by atoms with E-state index in [0.29, 0.717) is 12.0 Å². The van der Waals surface area contributed by atoms with Gasteiger partial charge in [-0.3, -0.25) is 4.79 Å². The second-order valence-electron chi connectivity index (χ2n) is 5.14. The number of carbonyl (C=O) groups is 2. The molecule has 0 radical (unpaired) electrons. The van der Waals surface area contributed by atoms with E-state index in [2.05, 4.69) is 27.9 Å². The lowest BCUT2D eigenvalue weighted by Gasteiger charge is -2.18. The van der Waals surface area contributed by atoms with Gasteiger partial charge >= 0.3 is 5.97 Å². The molecule has 0 fully saturated rings. The normalized spacial score (nSPS) is 12.1. The number of carbonyl (C=O) groups excluding carboxylic acids is 2. The van der Waals surface area contributed by atoms with Crippen LogP contribution in [0.3, 0.4) is 0 Å². The maximum atomic E-state index is 12.2. The average molecular weight is 389 g/mol. The van der Waals surface area contributed by atoms with Gasteiger partial charge in [-0.1, -0.05) is 19.9 Å². The van der Waals surface area contributed by atoms with Gasteiger partial charge in [-0.25, -0.2) is 4.79 Å². The summed E-state index contributed by atoms with van der Waals surface area (Å²) >= 11 is 2.19. The number of aryl methyl sites for hydroxylation is 1. The molecule has 0 saturated carbocycles. The smallest absolute Gasteiger partial charge is 0.328 e. The van der Waals surface area contributed by atoms with Gasteiger partial charge in [0.2, 0.25) is 0 Å². The van der Waals surface area contributed by atoms with E-state index < -0.39 is 12.0 Å². The zero-order chi connectivity index (χ0) is 15.3. The van der Waals surface area contributed by atoms with Gasteiger partial charge in [-0.15, -0.1) is 0 Å². The van der Waals surface area contributed by atoms with Crippen molar-refractivity contribution < 1.29 is 14.3 Å². The fraction of sp³-hybridized carbons (Fsp3) is 0.467. The lowest BCUT2D eigenvalue weighted by molar-refractivity contribution is -0.143. The molecule has 1 unspecified atom stereocenters. The van der Waals surface area contributed by atoms with Crippen molar-refractivity contribution in [3.05, 3.63) is 32.9 Å². The maximum Gasteiger partial charge on any atom is 0.328 e. The molecule has 0 aliphatic rings. The molecule has 0 aliphatic carbocycles. The molecule has 1 aromatic carbocycles. The largest absolute Gasteiger partial charge is 0.467 e. The van der Waals surface area contributed by atoms with Gasteiger partial charge < -0.3 is 10.1 Å². The Labute approximate surface area is 133 Å². The second kappa shape index (κ2) is 7.61. The van der Waals surface area contributed by atoms with Crippen molar-refractivity contribution in [1.29, 1.82) is 0 Å². The highest BCUT2D eigenvalue weighted by atomic mass is 127. The Hall–Kier alpha value is -1.11. The zero-order valence-corrected chi connectivity index (χ0v) is 14.4. The van der Waals surface area contributed by atoms with Gasteiger partial charge in [0.1, 0.15) is 6.04 Å². The number of methoxy groups -OCH3 is 1. The Morgan fingerprint density at radius 2 is 2.00 bits per heavy atom. The molecule has 1 aromatic rings. The Bertz CT molecular complexity index is 500. The van der Waals surface area contributed by atoms with Crippen molar-refractivity contribution in [3.8, 4) is 0 Å². The SMILES string of the molecule is COC(=O)C(CC(C)C)NC(=O)c1ccc(C)c(I)c1. The van der Waals surface area contributed by atoms with E-state index in [1.807, 2.05) is 32.9 Å². The lowest BCUT2D eigenvalue weighted by Crippen LogP contribution is -2.42. The first kappa shape index (κ1) is 16.9.